The van der Waals surface area contributed by atoms with Crippen molar-refractivity contribution in [2.45, 2.75) is 25.7 Å². The van der Waals surface area contributed by atoms with Crippen molar-refractivity contribution in [2.75, 3.05) is 9.80 Å². The molecule has 0 amide bonds. The molecule has 62 heavy (non-hydrogen) atoms. The average molecular weight is 799 g/mol. The van der Waals surface area contributed by atoms with Crippen LogP contribution in [0.4, 0.5) is 28.4 Å². The van der Waals surface area contributed by atoms with E-state index in [1.165, 1.54) is 28.0 Å². The molecule has 0 spiro atoms. The molecule has 2 aliphatic carbocycles. The lowest BCUT2D eigenvalue weighted by Gasteiger charge is -2.30. The highest BCUT2D eigenvalue weighted by atomic mass is 16.4. The Bertz CT molecular complexity index is 3440. The fourth-order valence-corrected chi connectivity index (χ4v) is 9.69. The molecule has 0 aliphatic heterocycles. The summed E-state index contributed by atoms with van der Waals surface area (Å²) < 4.78 is 14.0. The first kappa shape index (κ1) is 36.1. The van der Waals surface area contributed by atoms with Gasteiger partial charge in [-0.25, -0.2) is 0 Å². The van der Waals surface area contributed by atoms with Gasteiger partial charge in [0.15, 0.2) is 11.2 Å². The average Bonchev–Trinajstić information content (AvgIpc) is 3.93. The monoisotopic (exact) mass is 798 g/mol. The molecule has 10 aromatic rings. The van der Waals surface area contributed by atoms with E-state index >= 15 is 0 Å². The number of hydrogen-bond donors (Lipinski definition) is 0. The number of para-hydroxylation sites is 2. The van der Waals surface area contributed by atoms with Crippen LogP contribution in [-0.2, 0) is 0 Å². The normalized spacial score (nSPS) is 14.1. The summed E-state index contributed by atoms with van der Waals surface area (Å²) in [4.78, 5) is 4.68. The largest absolute Gasteiger partial charge is 0.452 e. The Hall–Kier alpha value is -7.82. The van der Waals surface area contributed by atoms with Crippen LogP contribution in [0.15, 0.2) is 232 Å². The standard InChI is InChI=1S/C58H42N2O2/c1-5-15-39(16-6-1)41-25-29-45(30-26-41)59(43-19-9-3-10-20-43)47-33-35-51-53(37-47)61-57-55(51)49-23-13-14-24-50(49)56-52-36-34-48(38-54(52)62-58(56)57)60(44-21-11-4-12-22-44)46-31-27-42(28-32-46)40-17-7-2-8-18-40/h1-7,9-17,19-27,29-31,33-38H,8,18,28,32H2. The third-order valence-electron chi connectivity index (χ3n) is 12.6. The summed E-state index contributed by atoms with van der Waals surface area (Å²) in [6.45, 7) is 0. The number of nitrogens with zero attached hydrogens (tertiary/aromatic N) is 2. The van der Waals surface area contributed by atoms with Gasteiger partial charge in [-0.05, 0) is 125 Å². The second-order valence-corrected chi connectivity index (χ2v) is 16.3. The molecular weight excluding hydrogens is 757 g/mol. The minimum Gasteiger partial charge on any atom is -0.452 e. The molecule has 4 nitrogen and oxygen atoms in total. The zero-order chi connectivity index (χ0) is 41.0. The first-order valence-electron chi connectivity index (χ1n) is 21.6. The summed E-state index contributed by atoms with van der Waals surface area (Å²) in [5.41, 5.74) is 15.1. The highest BCUT2D eigenvalue weighted by Gasteiger charge is 2.24. The van der Waals surface area contributed by atoms with Crippen molar-refractivity contribution in [3.8, 4) is 11.1 Å². The van der Waals surface area contributed by atoms with Crippen LogP contribution < -0.4 is 9.80 Å². The molecule has 0 saturated heterocycles. The molecule has 12 rings (SSSR count). The Kier molecular flexibility index (Phi) is 8.74. The van der Waals surface area contributed by atoms with E-state index in [0.29, 0.717) is 0 Å². The second kappa shape index (κ2) is 15.0. The van der Waals surface area contributed by atoms with Gasteiger partial charge in [0.2, 0.25) is 0 Å². The second-order valence-electron chi connectivity index (χ2n) is 16.3. The van der Waals surface area contributed by atoms with Crippen molar-refractivity contribution in [2.24, 2.45) is 0 Å². The van der Waals surface area contributed by atoms with E-state index in [4.69, 9.17) is 8.83 Å². The molecule has 0 fully saturated rings. The summed E-state index contributed by atoms with van der Waals surface area (Å²) in [6.07, 6.45) is 15.6. The van der Waals surface area contributed by atoms with Crippen molar-refractivity contribution >= 4 is 83.1 Å². The van der Waals surface area contributed by atoms with Gasteiger partial charge in [0.25, 0.3) is 0 Å². The van der Waals surface area contributed by atoms with E-state index in [1.807, 2.05) is 0 Å². The van der Waals surface area contributed by atoms with Gasteiger partial charge in [0.1, 0.15) is 11.2 Å². The van der Waals surface area contributed by atoms with Gasteiger partial charge in [0, 0.05) is 67.8 Å². The summed E-state index contributed by atoms with van der Waals surface area (Å²) in [7, 11) is 0. The van der Waals surface area contributed by atoms with Crippen LogP contribution in [0, 0.1) is 0 Å². The maximum Gasteiger partial charge on any atom is 0.179 e. The molecule has 0 atom stereocenters. The molecule has 0 radical (unpaired) electrons. The van der Waals surface area contributed by atoms with Gasteiger partial charge in [-0.3, -0.25) is 0 Å². The maximum atomic E-state index is 7.00. The van der Waals surface area contributed by atoms with E-state index in [2.05, 4.69) is 216 Å². The molecule has 2 heterocycles. The first-order valence-corrected chi connectivity index (χ1v) is 21.6. The molecule has 0 bridgehead atoms. The van der Waals surface area contributed by atoms with Gasteiger partial charge >= 0.3 is 0 Å². The molecule has 2 aromatic heterocycles. The Balaban J connectivity index is 0.998. The van der Waals surface area contributed by atoms with Crippen molar-refractivity contribution in [1.82, 2.24) is 0 Å². The summed E-state index contributed by atoms with van der Waals surface area (Å²) in [6, 6.07) is 62.5. The number of anilines is 5. The zero-order valence-corrected chi connectivity index (χ0v) is 34.2. The van der Waals surface area contributed by atoms with Gasteiger partial charge in [-0.15, -0.1) is 0 Å². The van der Waals surface area contributed by atoms with E-state index < -0.39 is 0 Å². The van der Waals surface area contributed by atoms with Crippen LogP contribution >= 0.6 is 0 Å². The van der Waals surface area contributed by atoms with Crippen LogP contribution in [0.3, 0.4) is 0 Å². The minimum atomic E-state index is 0.765. The SMILES string of the molecule is C1=CCCC(C2=CC=C(N(c3ccccc3)c3ccc4c(c3)oc3c5oc6cc(N(c7ccccc7)c7ccc(-c8ccccc8)cc7)ccc6c5c5ccccc5c43)CC2)=C1. The topological polar surface area (TPSA) is 32.8 Å². The van der Waals surface area contributed by atoms with E-state index in [-0.39, 0.29) is 0 Å². The minimum absolute atomic E-state index is 0.765. The van der Waals surface area contributed by atoms with Gasteiger partial charge in [-0.1, -0.05) is 127 Å². The van der Waals surface area contributed by atoms with Crippen LogP contribution in [-0.4, -0.2) is 0 Å². The quantitative estimate of drug-likeness (QED) is 0.153. The molecule has 0 N–H and O–H groups in total. The predicted octanol–water partition coefficient (Wildman–Crippen LogP) is 16.8. The predicted molar refractivity (Wildman–Crippen MR) is 259 cm³/mol. The summed E-state index contributed by atoms with van der Waals surface area (Å²) >= 11 is 0. The number of fused-ring (bicyclic) bond motifs is 10. The van der Waals surface area contributed by atoms with Crippen molar-refractivity contribution in [3.05, 3.63) is 223 Å². The number of hydrogen-bond acceptors (Lipinski definition) is 4. The number of benzene rings is 8. The van der Waals surface area contributed by atoms with Crippen LogP contribution in [0.25, 0.3) is 65.8 Å². The van der Waals surface area contributed by atoms with Crippen molar-refractivity contribution in [3.63, 3.8) is 0 Å². The molecule has 4 heteroatoms. The van der Waals surface area contributed by atoms with E-state index in [1.54, 1.807) is 0 Å². The molecule has 8 aromatic carbocycles. The van der Waals surface area contributed by atoms with Crippen molar-refractivity contribution < 1.29 is 8.83 Å². The van der Waals surface area contributed by atoms with Gasteiger partial charge < -0.3 is 18.6 Å². The summed E-state index contributed by atoms with van der Waals surface area (Å²) in [5, 5.41) is 6.57. The van der Waals surface area contributed by atoms with Crippen LogP contribution in [0.5, 0.6) is 0 Å². The molecule has 0 saturated carbocycles. The molecule has 0 unspecified atom stereocenters. The fraction of sp³-hybridized carbons (Fsp3) is 0.0690. The smallest absolute Gasteiger partial charge is 0.179 e. The van der Waals surface area contributed by atoms with Crippen LogP contribution in [0.1, 0.15) is 25.7 Å². The third kappa shape index (κ3) is 6.14. The van der Waals surface area contributed by atoms with Crippen LogP contribution in [0.2, 0.25) is 0 Å². The first-order chi connectivity index (χ1) is 30.7. The van der Waals surface area contributed by atoms with Gasteiger partial charge in [-0.2, -0.15) is 0 Å². The Morgan fingerprint density at radius 1 is 0.371 bits per heavy atom. The Morgan fingerprint density at radius 3 is 1.44 bits per heavy atom. The number of furan rings is 2. The Morgan fingerprint density at radius 2 is 0.871 bits per heavy atom. The zero-order valence-electron chi connectivity index (χ0n) is 34.2. The third-order valence-corrected chi connectivity index (χ3v) is 12.6. The van der Waals surface area contributed by atoms with Crippen molar-refractivity contribution in [1.29, 1.82) is 0 Å². The Labute approximate surface area is 360 Å². The summed E-state index contributed by atoms with van der Waals surface area (Å²) in [5.74, 6) is 0. The lowest BCUT2D eigenvalue weighted by atomic mass is 9.90. The maximum absolute atomic E-state index is 7.00. The van der Waals surface area contributed by atoms with E-state index in [9.17, 15) is 0 Å². The molecule has 296 valence electrons. The molecule has 2 aliphatic rings. The fourth-order valence-electron chi connectivity index (χ4n) is 9.69. The van der Waals surface area contributed by atoms with E-state index in [0.717, 1.165) is 109 Å². The van der Waals surface area contributed by atoms with Gasteiger partial charge in [0.05, 0.1) is 0 Å². The highest BCUT2D eigenvalue weighted by molar-refractivity contribution is 6.33. The molecular formula is C58H42N2O2. The number of allylic oxidation sites excluding steroid dienone is 8. The lowest BCUT2D eigenvalue weighted by Crippen LogP contribution is -2.18. The lowest BCUT2D eigenvalue weighted by molar-refractivity contribution is 0.633. The number of rotatable bonds is 8. The highest BCUT2D eigenvalue weighted by Crippen LogP contribution is 2.47.